The third kappa shape index (κ3) is 3.66. The third-order valence-corrected chi connectivity index (χ3v) is 6.69. The molecular weight excluding hydrogens is 378 g/mol. The summed E-state index contributed by atoms with van der Waals surface area (Å²) < 4.78 is 1.65. The molecule has 0 bridgehead atoms. The van der Waals surface area contributed by atoms with Crippen molar-refractivity contribution in [1.82, 2.24) is 14.9 Å². The second-order valence-electron chi connectivity index (χ2n) is 6.44. The highest BCUT2D eigenvalue weighted by Crippen LogP contribution is 2.30. The Morgan fingerprint density at radius 2 is 2.00 bits per heavy atom. The van der Waals surface area contributed by atoms with Crippen LogP contribution in [0.1, 0.15) is 28.5 Å². The van der Waals surface area contributed by atoms with Crippen molar-refractivity contribution >= 4 is 39.2 Å². The number of amides is 1. The molecular formula is C20H23N3O2S2. The zero-order chi connectivity index (χ0) is 19.7. The Morgan fingerprint density at radius 1 is 1.26 bits per heavy atom. The van der Waals surface area contributed by atoms with Crippen LogP contribution < -0.4 is 10.9 Å². The topological polar surface area (TPSA) is 64.0 Å². The molecule has 0 unspecified atom stereocenters. The molecule has 1 N–H and O–H groups in total. The van der Waals surface area contributed by atoms with Crippen molar-refractivity contribution in [2.75, 3.05) is 12.8 Å². The van der Waals surface area contributed by atoms with E-state index in [0.717, 1.165) is 32.9 Å². The normalized spacial score (nSPS) is 11.1. The molecule has 2 aromatic heterocycles. The van der Waals surface area contributed by atoms with Crippen LogP contribution in [0.15, 0.2) is 28.2 Å². The van der Waals surface area contributed by atoms with Crippen molar-refractivity contribution in [2.24, 2.45) is 0 Å². The van der Waals surface area contributed by atoms with Crippen LogP contribution in [0.5, 0.6) is 0 Å². The lowest BCUT2D eigenvalue weighted by Crippen LogP contribution is -2.24. The van der Waals surface area contributed by atoms with Crippen LogP contribution in [0.25, 0.3) is 15.9 Å². The number of hydrogen-bond donors (Lipinski definition) is 1. The van der Waals surface area contributed by atoms with Gasteiger partial charge in [-0.15, -0.1) is 11.3 Å². The van der Waals surface area contributed by atoms with Crippen LogP contribution in [0.2, 0.25) is 0 Å². The number of carbonyl (C=O) groups is 1. The second-order valence-corrected chi connectivity index (χ2v) is 8.58. The Labute approximate surface area is 166 Å². The van der Waals surface area contributed by atoms with Gasteiger partial charge in [0.05, 0.1) is 16.8 Å². The van der Waals surface area contributed by atoms with Gasteiger partial charge in [0.2, 0.25) is 5.91 Å². The zero-order valence-corrected chi connectivity index (χ0v) is 17.8. The van der Waals surface area contributed by atoms with Gasteiger partial charge in [-0.1, -0.05) is 24.8 Å². The number of nitrogens with one attached hydrogen (secondary N) is 1. The van der Waals surface area contributed by atoms with Gasteiger partial charge in [-0.2, -0.15) is 0 Å². The van der Waals surface area contributed by atoms with E-state index in [1.807, 2.05) is 39.0 Å². The predicted molar refractivity (Wildman–Crippen MR) is 114 cm³/mol. The van der Waals surface area contributed by atoms with Gasteiger partial charge in [0.1, 0.15) is 4.83 Å². The Morgan fingerprint density at radius 3 is 2.63 bits per heavy atom. The largest absolute Gasteiger partial charge is 0.358 e. The molecule has 0 atom stereocenters. The molecule has 5 nitrogen and oxygen atoms in total. The maximum Gasteiger partial charge on any atom is 0.267 e. The van der Waals surface area contributed by atoms with E-state index in [4.69, 9.17) is 4.98 Å². The van der Waals surface area contributed by atoms with Crippen molar-refractivity contribution in [3.63, 3.8) is 0 Å². The van der Waals surface area contributed by atoms with Gasteiger partial charge in [-0.05, 0) is 56.0 Å². The fourth-order valence-electron chi connectivity index (χ4n) is 3.01. The number of thiophene rings is 1. The molecule has 0 spiro atoms. The number of benzene rings is 1. The van der Waals surface area contributed by atoms with Gasteiger partial charge < -0.3 is 5.32 Å². The molecule has 1 aromatic carbocycles. The van der Waals surface area contributed by atoms with Crippen molar-refractivity contribution in [3.8, 4) is 5.69 Å². The summed E-state index contributed by atoms with van der Waals surface area (Å²) in [4.78, 5) is 31.8. The van der Waals surface area contributed by atoms with E-state index in [0.29, 0.717) is 10.5 Å². The molecule has 0 aliphatic carbocycles. The quantitative estimate of drug-likeness (QED) is 0.522. The van der Waals surface area contributed by atoms with Gasteiger partial charge >= 0.3 is 0 Å². The molecule has 0 fully saturated rings. The fourth-order valence-corrected chi connectivity index (χ4v) is 5.05. The number of fused-ring (bicyclic) bond motifs is 1. The van der Waals surface area contributed by atoms with Crippen LogP contribution in [0.3, 0.4) is 0 Å². The third-order valence-electron chi connectivity index (χ3n) is 4.71. The van der Waals surface area contributed by atoms with Crippen molar-refractivity contribution in [3.05, 3.63) is 50.1 Å². The van der Waals surface area contributed by atoms with Crippen LogP contribution >= 0.6 is 23.1 Å². The molecule has 7 heteroatoms. The molecule has 0 aliphatic heterocycles. The lowest BCUT2D eigenvalue weighted by Gasteiger charge is -2.13. The van der Waals surface area contributed by atoms with Crippen molar-refractivity contribution < 1.29 is 4.79 Å². The minimum Gasteiger partial charge on any atom is -0.358 e. The highest BCUT2D eigenvalue weighted by molar-refractivity contribution is 7.99. The Hall–Kier alpha value is -2.12. The molecule has 0 saturated heterocycles. The van der Waals surface area contributed by atoms with E-state index in [-0.39, 0.29) is 17.2 Å². The van der Waals surface area contributed by atoms with E-state index >= 15 is 0 Å². The smallest absolute Gasteiger partial charge is 0.267 e. The molecule has 0 saturated carbocycles. The number of carbonyl (C=O) groups excluding carboxylic acids is 1. The van der Waals surface area contributed by atoms with Crippen LogP contribution in [0.4, 0.5) is 0 Å². The van der Waals surface area contributed by atoms with Crippen LogP contribution in [-0.4, -0.2) is 28.3 Å². The Bertz CT molecular complexity index is 1080. The zero-order valence-electron chi connectivity index (χ0n) is 16.2. The SMILES string of the molecule is CCc1c(C)sc2nc(SCC(=O)NC)n(-c3ccc(C)c(C)c3)c(=O)c12. The number of nitrogens with zero attached hydrogens (tertiary/aromatic N) is 2. The van der Waals surface area contributed by atoms with Crippen LogP contribution in [0, 0.1) is 20.8 Å². The summed E-state index contributed by atoms with van der Waals surface area (Å²) in [5.41, 5.74) is 4.06. The first-order chi connectivity index (χ1) is 12.9. The number of thioether (sulfide) groups is 1. The van der Waals surface area contributed by atoms with E-state index in [2.05, 4.69) is 12.2 Å². The second kappa shape index (κ2) is 7.86. The number of aromatic nitrogens is 2. The highest BCUT2D eigenvalue weighted by atomic mass is 32.2. The first kappa shape index (κ1) is 19.6. The Kier molecular flexibility index (Phi) is 5.72. The molecule has 1 amide bonds. The minimum atomic E-state index is -0.0995. The summed E-state index contributed by atoms with van der Waals surface area (Å²) in [6.45, 7) is 8.16. The molecule has 0 aliphatic rings. The van der Waals surface area contributed by atoms with E-state index in [9.17, 15) is 9.59 Å². The predicted octanol–water partition coefficient (Wildman–Crippen LogP) is 3.77. The van der Waals surface area contributed by atoms with E-state index in [1.54, 1.807) is 23.0 Å². The standard InChI is InChI=1S/C20H23N3O2S2/c1-6-15-13(4)27-18-17(15)19(25)23(14-8-7-11(2)12(3)9-14)20(22-18)26-10-16(24)21-5/h7-9H,6,10H2,1-5H3,(H,21,24). The molecule has 3 rings (SSSR count). The number of rotatable bonds is 5. The summed E-state index contributed by atoms with van der Waals surface area (Å²) >= 11 is 2.83. The van der Waals surface area contributed by atoms with Gasteiger partial charge in [-0.3, -0.25) is 14.2 Å². The number of aryl methyl sites for hydroxylation is 4. The van der Waals surface area contributed by atoms with Crippen molar-refractivity contribution in [2.45, 2.75) is 39.3 Å². The molecule has 142 valence electrons. The summed E-state index contributed by atoms with van der Waals surface area (Å²) in [6, 6.07) is 5.94. The molecule has 2 heterocycles. The monoisotopic (exact) mass is 401 g/mol. The molecule has 0 radical (unpaired) electrons. The van der Waals surface area contributed by atoms with Gasteiger partial charge in [0.25, 0.3) is 5.56 Å². The minimum absolute atomic E-state index is 0.0659. The summed E-state index contributed by atoms with van der Waals surface area (Å²) in [7, 11) is 1.60. The first-order valence-electron chi connectivity index (χ1n) is 8.83. The summed E-state index contributed by atoms with van der Waals surface area (Å²) in [5, 5.41) is 3.85. The average Bonchev–Trinajstić information content (AvgIpc) is 2.97. The van der Waals surface area contributed by atoms with E-state index < -0.39 is 0 Å². The van der Waals surface area contributed by atoms with Gasteiger partial charge in [0.15, 0.2) is 5.16 Å². The average molecular weight is 402 g/mol. The maximum absolute atomic E-state index is 13.5. The highest BCUT2D eigenvalue weighted by Gasteiger charge is 2.19. The summed E-state index contributed by atoms with van der Waals surface area (Å²) in [6.07, 6.45) is 0.792. The van der Waals surface area contributed by atoms with Crippen LogP contribution in [-0.2, 0) is 11.2 Å². The first-order valence-corrected chi connectivity index (χ1v) is 10.6. The Balaban J connectivity index is 2.29. The molecule has 27 heavy (non-hydrogen) atoms. The number of hydrogen-bond acceptors (Lipinski definition) is 5. The lowest BCUT2D eigenvalue weighted by atomic mass is 10.1. The van der Waals surface area contributed by atoms with Gasteiger partial charge in [-0.25, -0.2) is 4.98 Å². The van der Waals surface area contributed by atoms with E-state index in [1.165, 1.54) is 17.3 Å². The maximum atomic E-state index is 13.5. The fraction of sp³-hybridized carbons (Fsp3) is 0.350. The lowest BCUT2D eigenvalue weighted by molar-refractivity contribution is -0.118. The molecule has 3 aromatic rings. The summed E-state index contributed by atoms with van der Waals surface area (Å²) in [5.74, 6) is 0.113. The van der Waals surface area contributed by atoms with Crippen molar-refractivity contribution in [1.29, 1.82) is 0 Å². The van der Waals surface area contributed by atoms with Gasteiger partial charge in [0, 0.05) is 11.9 Å².